The molecule has 0 bridgehead atoms. The fourth-order valence-electron chi connectivity index (χ4n) is 2.09. The molecule has 2 heterocycles. The summed E-state index contributed by atoms with van der Waals surface area (Å²) in [5.74, 6) is 1.81. The van der Waals surface area contributed by atoms with Gasteiger partial charge >= 0.3 is 0 Å². The minimum Gasteiger partial charge on any atom is -0.497 e. The molecule has 0 amide bonds. The van der Waals surface area contributed by atoms with Crippen LogP contribution in [0, 0.1) is 0 Å². The van der Waals surface area contributed by atoms with Crippen molar-refractivity contribution in [2.24, 2.45) is 0 Å². The van der Waals surface area contributed by atoms with E-state index in [1.807, 2.05) is 24.3 Å². The molecule has 0 saturated heterocycles. The fourth-order valence-corrected chi connectivity index (χ4v) is 2.09. The van der Waals surface area contributed by atoms with Crippen LogP contribution in [0.4, 0.5) is 5.69 Å². The maximum Gasteiger partial charge on any atom is 0.160 e. The number of methoxy groups -OCH3 is 1. The molecule has 2 aromatic rings. The number of fused-ring (bicyclic) bond motifs is 1. The Morgan fingerprint density at radius 3 is 2.88 bits per heavy atom. The standard InChI is InChI=1S/C13H14N2O2/c1-16-10-6-4-9(5-7-10)12-13-11(17-15-12)3-2-8-14-13/h4-7,14H,2-3,8H2,1H3. The number of hydrogen-bond donors (Lipinski definition) is 1. The third kappa shape index (κ3) is 1.75. The second-order valence-electron chi connectivity index (χ2n) is 4.09. The first-order valence-electron chi connectivity index (χ1n) is 5.75. The van der Waals surface area contributed by atoms with Gasteiger partial charge in [0, 0.05) is 18.5 Å². The molecule has 1 aliphatic heterocycles. The molecule has 0 saturated carbocycles. The van der Waals surface area contributed by atoms with Gasteiger partial charge in [0.25, 0.3) is 0 Å². The van der Waals surface area contributed by atoms with E-state index in [-0.39, 0.29) is 0 Å². The van der Waals surface area contributed by atoms with Crippen molar-refractivity contribution in [3.8, 4) is 17.0 Å². The number of benzene rings is 1. The molecule has 4 heteroatoms. The Kier molecular flexibility index (Phi) is 2.48. The molecule has 1 aromatic carbocycles. The lowest BCUT2D eigenvalue weighted by molar-refractivity contribution is 0.382. The third-order valence-electron chi connectivity index (χ3n) is 3.01. The van der Waals surface area contributed by atoms with Gasteiger partial charge in [0.15, 0.2) is 5.76 Å². The lowest BCUT2D eigenvalue weighted by atomic mass is 10.1. The van der Waals surface area contributed by atoms with Crippen molar-refractivity contribution in [1.29, 1.82) is 0 Å². The molecule has 0 radical (unpaired) electrons. The van der Waals surface area contributed by atoms with Gasteiger partial charge in [-0.2, -0.15) is 0 Å². The maximum atomic E-state index is 5.35. The predicted octanol–water partition coefficient (Wildman–Crippen LogP) is 2.71. The molecular weight excluding hydrogens is 216 g/mol. The number of ether oxygens (including phenoxy) is 1. The maximum absolute atomic E-state index is 5.35. The molecule has 0 atom stereocenters. The zero-order chi connectivity index (χ0) is 11.7. The quantitative estimate of drug-likeness (QED) is 0.861. The Hall–Kier alpha value is -1.97. The van der Waals surface area contributed by atoms with E-state index in [1.54, 1.807) is 7.11 Å². The lowest BCUT2D eigenvalue weighted by Crippen LogP contribution is -2.10. The van der Waals surface area contributed by atoms with Crippen molar-refractivity contribution in [2.45, 2.75) is 12.8 Å². The molecule has 0 spiro atoms. The van der Waals surface area contributed by atoms with Gasteiger partial charge in [0.05, 0.1) is 7.11 Å². The highest BCUT2D eigenvalue weighted by Gasteiger charge is 2.19. The highest BCUT2D eigenvalue weighted by atomic mass is 16.5. The zero-order valence-corrected chi connectivity index (χ0v) is 9.69. The molecule has 0 unspecified atom stereocenters. The number of hydrogen-bond acceptors (Lipinski definition) is 4. The number of anilines is 1. The molecule has 1 N–H and O–H groups in total. The number of nitrogens with one attached hydrogen (secondary N) is 1. The van der Waals surface area contributed by atoms with Gasteiger partial charge in [0.1, 0.15) is 17.1 Å². The van der Waals surface area contributed by atoms with E-state index in [9.17, 15) is 0 Å². The number of aryl methyl sites for hydroxylation is 1. The van der Waals surface area contributed by atoms with Crippen LogP contribution in [-0.4, -0.2) is 18.8 Å². The normalized spacial score (nSPS) is 13.9. The Bertz CT molecular complexity index is 517. The smallest absolute Gasteiger partial charge is 0.160 e. The van der Waals surface area contributed by atoms with Crippen molar-refractivity contribution < 1.29 is 9.26 Å². The Balaban J connectivity index is 2.00. The molecule has 17 heavy (non-hydrogen) atoms. The Morgan fingerprint density at radius 1 is 1.29 bits per heavy atom. The summed E-state index contributed by atoms with van der Waals surface area (Å²) >= 11 is 0. The largest absolute Gasteiger partial charge is 0.497 e. The van der Waals surface area contributed by atoms with Gasteiger partial charge in [-0.25, -0.2) is 0 Å². The highest BCUT2D eigenvalue weighted by Crippen LogP contribution is 2.33. The van der Waals surface area contributed by atoms with E-state index in [2.05, 4.69) is 10.5 Å². The fraction of sp³-hybridized carbons (Fsp3) is 0.308. The van der Waals surface area contributed by atoms with Gasteiger partial charge in [0.2, 0.25) is 0 Å². The summed E-state index contributed by atoms with van der Waals surface area (Å²) in [5, 5.41) is 7.50. The van der Waals surface area contributed by atoms with Gasteiger partial charge in [-0.1, -0.05) is 5.16 Å². The summed E-state index contributed by atoms with van der Waals surface area (Å²) in [6.07, 6.45) is 2.07. The van der Waals surface area contributed by atoms with E-state index in [1.165, 1.54) is 0 Å². The van der Waals surface area contributed by atoms with Gasteiger partial charge in [-0.05, 0) is 30.7 Å². The Morgan fingerprint density at radius 2 is 2.12 bits per heavy atom. The van der Waals surface area contributed by atoms with E-state index in [0.717, 1.165) is 47.8 Å². The predicted molar refractivity (Wildman–Crippen MR) is 65.3 cm³/mol. The molecule has 1 aromatic heterocycles. The van der Waals surface area contributed by atoms with Gasteiger partial charge in [-0.3, -0.25) is 0 Å². The van der Waals surface area contributed by atoms with Crippen molar-refractivity contribution in [2.75, 3.05) is 19.0 Å². The lowest BCUT2D eigenvalue weighted by Gasteiger charge is -2.12. The summed E-state index contributed by atoms with van der Waals surface area (Å²) < 4.78 is 10.5. The van der Waals surface area contributed by atoms with Gasteiger partial charge in [-0.15, -0.1) is 0 Å². The summed E-state index contributed by atoms with van der Waals surface area (Å²) in [5.41, 5.74) is 2.98. The summed E-state index contributed by atoms with van der Waals surface area (Å²) in [6, 6.07) is 7.85. The molecule has 88 valence electrons. The molecule has 0 aliphatic carbocycles. The average molecular weight is 230 g/mol. The summed E-state index contributed by atoms with van der Waals surface area (Å²) in [6.45, 7) is 0.984. The van der Waals surface area contributed by atoms with Crippen LogP contribution in [-0.2, 0) is 6.42 Å². The number of aromatic nitrogens is 1. The Labute approximate surface area is 99.6 Å². The summed E-state index contributed by atoms with van der Waals surface area (Å²) in [7, 11) is 1.66. The van der Waals surface area contributed by atoms with Crippen LogP contribution < -0.4 is 10.1 Å². The van der Waals surface area contributed by atoms with Crippen molar-refractivity contribution in [3.05, 3.63) is 30.0 Å². The average Bonchev–Trinajstić information content (AvgIpc) is 2.83. The van der Waals surface area contributed by atoms with Crippen LogP contribution in [0.5, 0.6) is 5.75 Å². The molecule has 1 aliphatic rings. The van der Waals surface area contributed by atoms with Crippen molar-refractivity contribution in [3.63, 3.8) is 0 Å². The zero-order valence-electron chi connectivity index (χ0n) is 9.69. The monoisotopic (exact) mass is 230 g/mol. The molecule has 0 fully saturated rings. The first-order valence-corrected chi connectivity index (χ1v) is 5.75. The van der Waals surface area contributed by atoms with Crippen LogP contribution in [0.25, 0.3) is 11.3 Å². The van der Waals surface area contributed by atoms with Crippen LogP contribution in [0.3, 0.4) is 0 Å². The highest BCUT2D eigenvalue weighted by molar-refractivity contribution is 5.76. The molecular formula is C13H14N2O2. The van der Waals surface area contributed by atoms with Gasteiger partial charge < -0.3 is 14.6 Å². The van der Waals surface area contributed by atoms with E-state index in [4.69, 9.17) is 9.26 Å². The number of rotatable bonds is 2. The van der Waals surface area contributed by atoms with E-state index < -0.39 is 0 Å². The first kappa shape index (κ1) is 10.2. The third-order valence-corrected chi connectivity index (χ3v) is 3.01. The van der Waals surface area contributed by atoms with Crippen molar-refractivity contribution >= 4 is 5.69 Å². The van der Waals surface area contributed by atoms with Crippen LogP contribution in [0.1, 0.15) is 12.2 Å². The van der Waals surface area contributed by atoms with E-state index in [0.29, 0.717) is 0 Å². The first-order chi connectivity index (χ1) is 8.38. The molecule has 4 nitrogen and oxygen atoms in total. The minimum absolute atomic E-state index is 0.846. The second kappa shape index (κ2) is 4.13. The second-order valence-corrected chi connectivity index (χ2v) is 4.09. The topological polar surface area (TPSA) is 47.3 Å². The summed E-state index contributed by atoms with van der Waals surface area (Å²) in [4.78, 5) is 0. The van der Waals surface area contributed by atoms with Crippen LogP contribution in [0.2, 0.25) is 0 Å². The minimum atomic E-state index is 0.846. The van der Waals surface area contributed by atoms with Crippen LogP contribution >= 0.6 is 0 Å². The van der Waals surface area contributed by atoms with Crippen molar-refractivity contribution in [1.82, 2.24) is 5.16 Å². The SMILES string of the molecule is COc1ccc(-c2noc3c2NCCC3)cc1. The van der Waals surface area contributed by atoms with E-state index >= 15 is 0 Å². The molecule has 3 rings (SSSR count). The number of nitrogens with zero attached hydrogens (tertiary/aromatic N) is 1. The van der Waals surface area contributed by atoms with Crippen LogP contribution in [0.15, 0.2) is 28.8 Å².